The Balaban J connectivity index is 1.56. The Kier molecular flexibility index (Phi) is 9.36. The van der Waals surface area contributed by atoms with Crippen LogP contribution in [0, 0.1) is 46.3 Å². The topological polar surface area (TPSA) is 44.8 Å². The lowest BCUT2D eigenvalue weighted by atomic mass is 9.46. The second-order valence-corrected chi connectivity index (χ2v) is 25.3. The first-order valence-electron chi connectivity index (χ1n) is 16.3. The fourth-order valence-corrected chi connectivity index (χ4v) is 11.6. The first-order chi connectivity index (χ1) is 18.5. The molecule has 8 unspecified atom stereocenters. The lowest BCUT2D eigenvalue weighted by molar-refractivity contribution is -0.145. The minimum atomic E-state index is -1.71. The molecule has 4 nitrogen and oxygen atoms in total. The SMILES string of the molecule is COC(=O)C(C)CCCC(C)C1CCC2C3C(CCC12C)C1(C)CC=C(O[Si](C)(C)C)C=C1C[C@H]3O[Si](C)(C)C. The van der Waals surface area contributed by atoms with Crippen LogP contribution >= 0.6 is 0 Å². The van der Waals surface area contributed by atoms with Gasteiger partial charge < -0.3 is 13.6 Å². The van der Waals surface area contributed by atoms with E-state index in [-0.39, 0.29) is 17.3 Å². The average molecular weight is 589 g/mol. The highest BCUT2D eigenvalue weighted by Gasteiger charge is 2.62. The molecule has 40 heavy (non-hydrogen) atoms. The number of carbonyl (C=O) groups excluding carboxylic acids is 1. The van der Waals surface area contributed by atoms with Crippen LogP contribution in [0.3, 0.4) is 0 Å². The van der Waals surface area contributed by atoms with Gasteiger partial charge in [0.1, 0.15) is 0 Å². The molecule has 4 rings (SSSR count). The molecule has 0 aromatic rings. The van der Waals surface area contributed by atoms with Crippen molar-refractivity contribution in [2.24, 2.45) is 46.3 Å². The summed E-state index contributed by atoms with van der Waals surface area (Å²) in [5.74, 6) is 4.61. The minimum absolute atomic E-state index is 0.00505. The number of carbonyl (C=O) groups is 1. The van der Waals surface area contributed by atoms with Crippen LogP contribution in [0.2, 0.25) is 39.3 Å². The highest BCUT2D eigenvalue weighted by Crippen LogP contribution is 2.68. The maximum atomic E-state index is 11.9. The summed E-state index contributed by atoms with van der Waals surface area (Å²) in [4.78, 5) is 11.9. The Labute approximate surface area is 248 Å². The van der Waals surface area contributed by atoms with Crippen molar-refractivity contribution >= 4 is 22.6 Å². The fourth-order valence-electron chi connectivity index (χ4n) is 9.57. The van der Waals surface area contributed by atoms with E-state index in [1.807, 2.05) is 6.92 Å². The summed E-state index contributed by atoms with van der Waals surface area (Å²) in [5, 5.41) is 0. The van der Waals surface area contributed by atoms with Crippen LogP contribution in [-0.2, 0) is 18.4 Å². The van der Waals surface area contributed by atoms with Crippen molar-refractivity contribution in [2.45, 2.75) is 131 Å². The third kappa shape index (κ3) is 6.54. The van der Waals surface area contributed by atoms with Gasteiger partial charge in [0.25, 0.3) is 0 Å². The van der Waals surface area contributed by atoms with Gasteiger partial charge in [-0.05, 0) is 137 Å². The molecule has 0 aromatic heterocycles. The van der Waals surface area contributed by atoms with E-state index < -0.39 is 16.6 Å². The van der Waals surface area contributed by atoms with Gasteiger partial charge in [-0.2, -0.15) is 0 Å². The van der Waals surface area contributed by atoms with Crippen LogP contribution in [0.5, 0.6) is 0 Å². The van der Waals surface area contributed by atoms with Crippen LogP contribution < -0.4 is 0 Å². The van der Waals surface area contributed by atoms with Crippen molar-refractivity contribution in [3.05, 3.63) is 23.5 Å². The number of ether oxygens (including phenoxy) is 1. The van der Waals surface area contributed by atoms with Gasteiger partial charge in [0.05, 0.1) is 24.9 Å². The van der Waals surface area contributed by atoms with E-state index in [2.05, 4.69) is 72.2 Å². The number of rotatable bonds is 10. The molecule has 0 spiro atoms. The van der Waals surface area contributed by atoms with Crippen molar-refractivity contribution in [1.82, 2.24) is 0 Å². The second kappa shape index (κ2) is 11.7. The molecule has 0 aliphatic heterocycles. The van der Waals surface area contributed by atoms with Crippen molar-refractivity contribution in [1.29, 1.82) is 0 Å². The van der Waals surface area contributed by atoms with Crippen molar-refractivity contribution in [3.8, 4) is 0 Å². The molecule has 3 saturated carbocycles. The van der Waals surface area contributed by atoms with Gasteiger partial charge in [0.2, 0.25) is 8.32 Å². The molecule has 3 fully saturated rings. The summed E-state index contributed by atoms with van der Waals surface area (Å²) < 4.78 is 18.6. The maximum absolute atomic E-state index is 11.9. The van der Waals surface area contributed by atoms with E-state index in [9.17, 15) is 4.79 Å². The summed E-state index contributed by atoms with van der Waals surface area (Å²) in [6.45, 7) is 23.7. The molecule has 0 bridgehead atoms. The van der Waals surface area contributed by atoms with Crippen molar-refractivity contribution in [2.75, 3.05) is 7.11 Å². The van der Waals surface area contributed by atoms with Gasteiger partial charge in [-0.25, -0.2) is 0 Å². The summed E-state index contributed by atoms with van der Waals surface area (Å²) in [6, 6.07) is 0. The highest BCUT2D eigenvalue weighted by molar-refractivity contribution is 6.70. The van der Waals surface area contributed by atoms with Crippen LogP contribution in [0.1, 0.15) is 85.5 Å². The zero-order valence-electron chi connectivity index (χ0n) is 27.7. The third-order valence-corrected chi connectivity index (χ3v) is 13.2. The molecular weight excluding hydrogens is 529 g/mol. The Morgan fingerprint density at radius 2 is 1.70 bits per heavy atom. The van der Waals surface area contributed by atoms with Crippen LogP contribution in [0.4, 0.5) is 0 Å². The van der Waals surface area contributed by atoms with E-state index in [4.69, 9.17) is 13.6 Å². The fraction of sp³-hybridized carbons (Fsp3) is 0.853. The number of hydrogen-bond donors (Lipinski definition) is 0. The summed E-state index contributed by atoms with van der Waals surface area (Å²) in [6.07, 6.45) is 16.0. The Hall–Kier alpha value is -0.856. The first-order valence-corrected chi connectivity index (χ1v) is 23.2. The second-order valence-electron chi connectivity index (χ2n) is 16.4. The van der Waals surface area contributed by atoms with Gasteiger partial charge in [-0.1, -0.05) is 46.1 Å². The van der Waals surface area contributed by atoms with Gasteiger partial charge in [0, 0.05) is 0 Å². The number of allylic oxidation sites excluding steroid dienone is 2. The smallest absolute Gasteiger partial charge is 0.308 e. The van der Waals surface area contributed by atoms with E-state index in [0.29, 0.717) is 29.3 Å². The summed E-state index contributed by atoms with van der Waals surface area (Å²) in [5.41, 5.74) is 2.22. The van der Waals surface area contributed by atoms with Crippen LogP contribution in [0.15, 0.2) is 23.5 Å². The molecule has 0 amide bonds. The number of fused-ring (bicyclic) bond motifs is 5. The quantitative estimate of drug-likeness (QED) is 0.188. The van der Waals surface area contributed by atoms with Gasteiger partial charge in [-0.15, -0.1) is 0 Å². The lowest BCUT2D eigenvalue weighted by Gasteiger charge is -2.61. The largest absolute Gasteiger partial charge is 0.545 e. The molecule has 9 atom stereocenters. The molecule has 4 aliphatic carbocycles. The van der Waals surface area contributed by atoms with E-state index >= 15 is 0 Å². The molecule has 0 radical (unpaired) electrons. The number of hydrogen-bond acceptors (Lipinski definition) is 4. The minimum Gasteiger partial charge on any atom is -0.545 e. The predicted molar refractivity (Wildman–Crippen MR) is 171 cm³/mol. The molecule has 0 saturated heterocycles. The van der Waals surface area contributed by atoms with E-state index in [0.717, 1.165) is 43.3 Å². The van der Waals surface area contributed by atoms with E-state index in [1.165, 1.54) is 39.2 Å². The van der Waals surface area contributed by atoms with Crippen LogP contribution in [0.25, 0.3) is 0 Å². The number of esters is 1. The molecule has 0 N–H and O–H groups in total. The zero-order chi connectivity index (χ0) is 29.7. The maximum Gasteiger partial charge on any atom is 0.308 e. The number of methoxy groups -OCH3 is 1. The Morgan fingerprint density at radius 1 is 1.00 bits per heavy atom. The Morgan fingerprint density at radius 3 is 2.33 bits per heavy atom. The normalized spacial score (nSPS) is 37.3. The third-order valence-electron chi connectivity index (χ3n) is 11.4. The van der Waals surface area contributed by atoms with Gasteiger partial charge in [0.15, 0.2) is 8.32 Å². The summed E-state index contributed by atoms with van der Waals surface area (Å²) in [7, 11) is -1.85. The van der Waals surface area contributed by atoms with E-state index in [1.54, 1.807) is 5.57 Å². The molecule has 4 aliphatic rings. The monoisotopic (exact) mass is 588 g/mol. The Bertz CT molecular complexity index is 991. The standard InChI is InChI=1S/C34H60O4Si2/c1-23(13-12-14-24(2)32(35)36-5)27-15-16-28-31-29(18-20-34(27,28)4)33(3)19-17-26(37-39(6,7)8)21-25(33)22-30(31)38-40(9,10)11/h17,21,23-24,27-31H,12-16,18-20,22H2,1-11H3/t23?,24?,27?,28?,29?,30-,31?,33?,34?/m1/s1. The van der Waals surface area contributed by atoms with Gasteiger partial charge >= 0.3 is 5.97 Å². The van der Waals surface area contributed by atoms with Crippen molar-refractivity contribution in [3.63, 3.8) is 0 Å². The predicted octanol–water partition coefficient (Wildman–Crippen LogP) is 9.36. The molecule has 228 valence electrons. The van der Waals surface area contributed by atoms with Crippen molar-refractivity contribution < 1.29 is 18.4 Å². The molecule has 0 aromatic carbocycles. The average Bonchev–Trinajstić information content (AvgIpc) is 3.19. The highest BCUT2D eigenvalue weighted by atomic mass is 28.4. The first kappa shape index (κ1) is 32.1. The molecular formula is C34H60O4Si2. The van der Waals surface area contributed by atoms with Crippen LogP contribution in [-0.4, -0.2) is 35.8 Å². The molecule has 0 heterocycles. The lowest BCUT2D eigenvalue weighted by Crippen LogP contribution is -2.57. The molecule has 6 heteroatoms. The summed E-state index contributed by atoms with van der Waals surface area (Å²) >= 11 is 0. The van der Waals surface area contributed by atoms with Gasteiger partial charge in [-0.3, -0.25) is 4.79 Å². The zero-order valence-corrected chi connectivity index (χ0v) is 29.7.